The third kappa shape index (κ3) is 3.90. The lowest BCUT2D eigenvalue weighted by Gasteiger charge is -2.15. The first-order valence-corrected chi connectivity index (χ1v) is 7.42. The monoisotopic (exact) mass is 330 g/mol. The van der Waals surface area contributed by atoms with Crippen molar-refractivity contribution in [2.24, 2.45) is 0 Å². The maximum Gasteiger partial charge on any atom is 0.341 e. The van der Waals surface area contributed by atoms with E-state index in [9.17, 15) is 14.0 Å². The van der Waals surface area contributed by atoms with Crippen LogP contribution in [0.3, 0.4) is 0 Å². The van der Waals surface area contributed by atoms with E-state index in [1.165, 1.54) is 19.1 Å². The van der Waals surface area contributed by atoms with Gasteiger partial charge >= 0.3 is 5.97 Å². The number of carbonyl (C=O) groups is 2. The van der Waals surface area contributed by atoms with Crippen LogP contribution in [0.1, 0.15) is 28.4 Å². The Hall–Kier alpha value is -2.89. The van der Waals surface area contributed by atoms with E-state index < -0.39 is 23.8 Å². The van der Waals surface area contributed by atoms with Crippen molar-refractivity contribution in [3.63, 3.8) is 0 Å². The first-order chi connectivity index (χ1) is 11.3. The summed E-state index contributed by atoms with van der Waals surface area (Å²) in [7, 11) is 0. The van der Waals surface area contributed by atoms with Gasteiger partial charge in [-0.25, -0.2) is 9.18 Å². The van der Waals surface area contributed by atoms with Crippen LogP contribution in [0.2, 0.25) is 0 Å². The fraction of sp³-hybridized carbons (Fsp3) is 0.222. The molecule has 5 nitrogen and oxygen atoms in total. The van der Waals surface area contributed by atoms with Gasteiger partial charge in [-0.3, -0.25) is 4.79 Å². The molecule has 3 N–H and O–H groups in total. The SMILES string of the molecule is Cc1ccc(NC(=O)[C@@H](C)OC(=O)c2cccc(C)c2N)cc1F. The van der Waals surface area contributed by atoms with Crippen LogP contribution in [0.5, 0.6) is 0 Å². The number of benzene rings is 2. The van der Waals surface area contributed by atoms with E-state index in [1.807, 2.05) is 0 Å². The second-order valence-electron chi connectivity index (χ2n) is 5.54. The smallest absolute Gasteiger partial charge is 0.341 e. The number of aryl methyl sites for hydroxylation is 2. The van der Waals surface area contributed by atoms with Gasteiger partial charge in [-0.15, -0.1) is 0 Å². The lowest BCUT2D eigenvalue weighted by molar-refractivity contribution is -0.123. The largest absolute Gasteiger partial charge is 0.449 e. The van der Waals surface area contributed by atoms with Gasteiger partial charge in [0.1, 0.15) is 5.82 Å². The molecule has 0 aliphatic heterocycles. The van der Waals surface area contributed by atoms with Gasteiger partial charge < -0.3 is 15.8 Å². The zero-order chi connectivity index (χ0) is 17.9. The summed E-state index contributed by atoms with van der Waals surface area (Å²) in [5.74, 6) is -1.67. The molecule has 0 spiro atoms. The van der Waals surface area contributed by atoms with Crippen molar-refractivity contribution in [3.05, 3.63) is 58.9 Å². The number of hydrogen-bond donors (Lipinski definition) is 2. The average molecular weight is 330 g/mol. The van der Waals surface area contributed by atoms with Gasteiger partial charge in [0.05, 0.1) is 5.56 Å². The third-order valence-electron chi connectivity index (χ3n) is 3.64. The van der Waals surface area contributed by atoms with Crippen LogP contribution < -0.4 is 11.1 Å². The number of anilines is 2. The molecule has 0 unspecified atom stereocenters. The summed E-state index contributed by atoms with van der Waals surface area (Å²) in [5.41, 5.74) is 7.88. The van der Waals surface area contributed by atoms with Crippen LogP contribution in [0.25, 0.3) is 0 Å². The van der Waals surface area contributed by atoms with Crippen molar-refractivity contribution in [3.8, 4) is 0 Å². The van der Waals surface area contributed by atoms with Crippen LogP contribution in [0.4, 0.5) is 15.8 Å². The quantitative estimate of drug-likeness (QED) is 0.666. The molecule has 2 aromatic carbocycles. The molecule has 126 valence electrons. The van der Waals surface area contributed by atoms with Crippen molar-refractivity contribution >= 4 is 23.3 Å². The van der Waals surface area contributed by atoms with Gasteiger partial charge in [-0.1, -0.05) is 18.2 Å². The molecular formula is C18H19FN2O3. The number of carbonyl (C=O) groups excluding carboxylic acids is 2. The molecule has 0 saturated heterocycles. The van der Waals surface area contributed by atoms with Crippen LogP contribution in [0, 0.1) is 19.7 Å². The van der Waals surface area contributed by atoms with Crippen molar-refractivity contribution in [2.75, 3.05) is 11.1 Å². The molecule has 6 heteroatoms. The second kappa shape index (κ2) is 7.12. The number of nitrogens with one attached hydrogen (secondary N) is 1. The Morgan fingerprint density at radius 2 is 1.88 bits per heavy atom. The molecule has 0 heterocycles. The maximum absolute atomic E-state index is 13.5. The van der Waals surface area contributed by atoms with Crippen LogP contribution in [0.15, 0.2) is 36.4 Å². The number of nitrogen functional groups attached to an aromatic ring is 1. The van der Waals surface area contributed by atoms with Gasteiger partial charge in [-0.05, 0) is 50.1 Å². The number of halogens is 1. The van der Waals surface area contributed by atoms with E-state index in [-0.39, 0.29) is 5.56 Å². The highest BCUT2D eigenvalue weighted by atomic mass is 19.1. The average Bonchev–Trinajstić information content (AvgIpc) is 2.53. The molecule has 1 atom stereocenters. The standard InChI is InChI=1S/C18H19FN2O3/c1-10-7-8-13(9-15(10)19)21-17(22)12(3)24-18(23)14-6-4-5-11(2)16(14)20/h4-9,12H,20H2,1-3H3,(H,21,22)/t12-/m1/s1. The van der Waals surface area contributed by atoms with E-state index in [0.29, 0.717) is 16.9 Å². The van der Waals surface area contributed by atoms with E-state index in [0.717, 1.165) is 5.56 Å². The molecule has 0 bridgehead atoms. The zero-order valence-corrected chi connectivity index (χ0v) is 13.7. The number of nitrogens with two attached hydrogens (primary N) is 1. The number of amides is 1. The highest BCUT2D eigenvalue weighted by Gasteiger charge is 2.21. The third-order valence-corrected chi connectivity index (χ3v) is 3.64. The molecule has 0 aliphatic rings. The van der Waals surface area contributed by atoms with Crippen molar-refractivity contribution < 1.29 is 18.7 Å². The van der Waals surface area contributed by atoms with Crippen molar-refractivity contribution in [2.45, 2.75) is 26.9 Å². The summed E-state index contributed by atoms with van der Waals surface area (Å²) in [6.45, 7) is 4.83. The molecule has 2 aromatic rings. The minimum Gasteiger partial charge on any atom is -0.449 e. The fourth-order valence-corrected chi connectivity index (χ4v) is 2.05. The first kappa shape index (κ1) is 17.5. The minimum atomic E-state index is -1.05. The van der Waals surface area contributed by atoms with Crippen LogP contribution in [-0.4, -0.2) is 18.0 Å². The lowest BCUT2D eigenvalue weighted by atomic mass is 10.1. The molecular weight excluding hydrogens is 311 g/mol. The van der Waals surface area contributed by atoms with Gasteiger partial charge in [0.25, 0.3) is 5.91 Å². The topological polar surface area (TPSA) is 81.4 Å². The number of esters is 1. The van der Waals surface area contributed by atoms with E-state index in [4.69, 9.17) is 10.5 Å². The molecule has 24 heavy (non-hydrogen) atoms. The van der Waals surface area contributed by atoms with Gasteiger partial charge in [0.15, 0.2) is 6.10 Å². The first-order valence-electron chi connectivity index (χ1n) is 7.42. The van der Waals surface area contributed by atoms with E-state index >= 15 is 0 Å². The maximum atomic E-state index is 13.5. The Bertz CT molecular complexity index is 790. The Morgan fingerprint density at radius 3 is 2.54 bits per heavy atom. The molecule has 0 aromatic heterocycles. The molecule has 2 rings (SSSR count). The molecule has 0 fully saturated rings. The summed E-state index contributed by atoms with van der Waals surface area (Å²) in [4.78, 5) is 24.2. The highest BCUT2D eigenvalue weighted by Crippen LogP contribution is 2.18. The Labute approximate surface area is 139 Å². The number of ether oxygens (including phenoxy) is 1. The molecule has 0 radical (unpaired) electrons. The van der Waals surface area contributed by atoms with Gasteiger partial charge in [0, 0.05) is 11.4 Å². The molecule has 0 aliphatic carbocycles. The van der Waals surface area contributed by atoms with E-state index in [2.05, 4.69) is 5.32 Å². The lowest BCUT2D eigenvalue weighted by Crippen LogP contribution is -2.30. The Kier molecular flexibility index (Phi) is 5.18. The summed E-state index contributed by atoms with van der Waals surface area (Å²) in [6, 6.07) is 9.32. The summed E-state index contributed by atoms with van der Waals surface area (Å²) in [5, 5.41) is 2.51. The van der Waals surface area contributed by atoms with Gasteiger partial charge in [-0.2, -0.15) is 0 Å². The predicted octanol–water partition coefficient (Wildman–Crippen LogP) is 3.21. The van der Waals surface area contributed by atoms with Crippen molar-refractivity contribution in [1.29, 1.82) is 0 Å². The summed E-state index contributed by atoms with van der Waals surface area (Å²) in [6.07, 6.45) is -1.05. The summed E-state index contributed by atoms with van der Waals surface area (Å²) < 4.78 is 18.6. The van der Waals surface area contributed by atoms with Crippen LogP contribution in [-0.2, 0) is 9.53 Å². The fourth-order valence-electron chi connectivity index (χ4n) is 2.05. The molecule has 0 saturated carbocycles. The summed E-state index contributed by atoms with van der Waals surface area (Å²) >= 11 is 0. The number of hydrogen-bond acceptors (Lipinski definition) is 4. The second-order valence-corrected chi connectivity index (χ2v) is 5.54. The normalized spacial score (nSPS) is 11.7. The highest BCUT2D eigenvalue weighted by molar-refractivity contribution is 5.99. The number of para-hydroxylation sites is 1. The minimum absolute atomic E-state index is 0.205. The predicted molar refractivity (Wildman–Crippen MR) is 90.2 cm³/mol. The Balaban J connectivity index is 2.04. The van der Waals surface area contributed by atoms with Gasteiger partial charge in [0.2, 0.25) is 0 Å². The molecule has 1 amide bonds. The zero-order valence-electron chi connectivity index (χ0n) is 13.7. The van der Waals surface area contributed by atoms with Crippen molar-refractivity contribution in [1.82, 2.24) is 0 Å². The van der Waals surface area contributed by atoms with E-state index in [1.54, 1.807) is 38.1 Å². The Morgan fingerprint density at radius 1 is 1.17 bits per heavy atom. The van der Waals surface area contributed by atoms with Crippen LogP contribution >= 0.6 is 0 Å². The number of rotatable bonds is 4.